The molecule has 34 heavy (non-hydrogen) atoms. The number of benzene rings is 2. The predicted molar refractivity (Wildman–Crippen MR) is 137 cm³/mol. The van der Waals surface area contributed by atoms with Gasteiger partial charge in [-0.1, -0.05) is 60.8 Å². The van der Waals surface area contributed by atoms with Gasteiger partial charge in [0.05, 0.1) is 12.1 Å². The fourth-order valence-electron chi connectivity index (χ4n) is 4.49. The Balaban J connectivity index is 1.84. The number of carbonyl (C=O) groups excluding carboxylic acids is 3. The summed E-state index contributed by atoms with van der Waals surface area (Å²) in [5, 5.41) is 5.45. The molecule has 4 rings (SSSR count). The van der Waals surface area contributed by atoms with E-state index in [1.165, 1.54) is 23.2 Å². The van der Waals surface area contributed by atoms with Crippen molar-refractivity contribution in [2.24, 2.45) is 0 Å². The highest BCUT2D eigenvalue weighted by Crippen LogP contribution is 2.35. The number of hydrogen-bond acceptors (Lipinski definition) is 4. The molecule has 7 heteroatoms. The highest BCUT2D eigenvalue weighted by molar-refractivity contribution is 7.10. The van der Waals surface area contributed by atoms with Crippen LogP contribution in [0.2, 0.25) is 5.02 Å². The quantitative estimate of drug-likeness (QED) is 0.392. The lowest BCUT2D eigenvalue weighted by atomic mass is 9.99. The lowest BCUT2D eigenvalue weighted by molar-refractivity contribution is -0.127. The summed E-state index contributed by atoms with van der Waals surface area (Å²) in [6, 6.07) is 16.8. The van der Waals surface area contributed by atoms with Crippen molar-refractivity contribution in [3.8, 4) is 0 Å². The predicted octanol–water partition coefficient (Wildman–Crippen LogP) is 5.98. The first kappa shape index (κ1) is 24.2. The van der Waals surface area contributed by atoms with E-state index < -0.39 is 6.04 Å². The maximum atomic E-state index is 13.9. The smallest absolute Gasteiger partial charge is 0.248 e. The number of hydrogen-bond donors (Lipinski definition) is 1. The van der Waals surface area contributed by atoms with E-state index in [0.717, 1.165) is 30.6 Å². The summed E-state index contributed by atoms with van der Waals surface area (Å²) in [4.78, 5) is 42.5. The van der Waals surface area contributed by atoms with Crippen LogP contribution in [0.4, 0.5) is 5.69 Å². The number of rotatable bonds is 8. The number of amides is 2. The van der Waals surface area contributed by atoms with Crippen LogP contribution in [0.25, 0.3) is 0 Å². The van der Waals surface area contributed by atoms with Crippen LogP contribution in [0.15, 0.2) is 66.0 Å². The maximum absolute atomic E-state index is 13.9. The number of thiophene rings is 1. The van der Waals surface area contributed by atoms with Gasteiger partial charge >= 0.3 is 0 Å². The van der Waals surface area contributed by atoms with Crippen LogP contribution in [-0.2, 0) is 16.0 Å². The van der Waals surface area contributed by atoms with E-state index in [-0.39, 0.29) is 30.1 Å². The standard InChI is InChI=1S/C27H27ClN2O3S/c1-18(31)21-12-5-7-15-24(21)30(25(32)17-20-11-8-16-34-20)26(22-13-4-6-14-23(22)28)27(33)29-19-9-2-3-10-19/h4-8,11-16,19,26H,2-3,9-10,17H2,1H3,(H,29,33). The Hall–Kier alpha value is -2.96. The number of Topliss-reactive ketones (excluding diaryl/α,β-unsaturated/α-hetero) is 1. The monoisotopic (exact) mass is 494 g/mol. The van der Waals surface area contributed by atoms with Crippen molar-refractivity contribution in [2.75, 3.05) is 4.90 Å². The first-order valence-corrected chi connectivity index (χ1v) is 12.7. The molecule has 0 radical (unpaired) electrons. The molecule has 1 aromatic heterocycles. The number of nitrogens with zero attached hydrogens (tertiary/aromatic N) is 1. The third-order valence-corrected chi connectivity index (χ3v) is 7.35. The highest BCUT2D eigenvalue weighted by atomic mass is 35.5. The van der Waals surface area contributed by atoms with Crippen LogP contribution in [0.5, 0.6) is 0 Å². The molecule has 1 atom stereocenters. The Morgan fingerprint density at radius 2 is 1.74 bits per heavy atom. The van der Waals surface area contributed by atoms with Crippen LogP contribution in [0.1, 0.15) is 59.4 Å². The van der Waals surface area contributed by atoms with E-state index in [9.17, 15) is 14.4 Å². The summed E-state index contributed by atoms with van der Waals surface area (Å²) in [5.41, 5.74) is 1.31. The molecule has 0 bridgehead atoms. The molecular formula is C27H27ClN2O3S. The molecule has 1 saturated carbocycles. The first-order chi connectivity index (χ1) is 16.5. The maximum Gasteiger partial charge on any atom is 0.248 e. The molecule has 1 unspecified atom stereocenters. The van der Waals surface area contributed by atoms with Crippen LogP contribution < -0.4 is 10.2 Å². The number of ketones is 1. The van der Waals surface area contributed by atoms with Gasteiger partial charge in [-0.15, -0.1) is 11.3 Å². The van der Waals surface area contributed by atoms with E-state index >= 15 is 0 Å². The summed E-state index contributed by atoms with van der Waals surface area (Å²) in [6.45, 7) is 1.46. The van der Waals surface area contributed by atoms with Crippen molar-refractivity contribution in [1.29, 1.82) is 0 Å². The van der Waals surface area contributed by atoms with Gasteiger partial charge in [0.15, 0.2) is 5.78 Å². The van der Waals surface area contributed by atoms with Gasteiger partial charge in [-0.25, -0.2) is 0 Å². The van der Waals surface area contributed by atoms with Crippen molar-refractivity contribution >= 4 is 46.2 Å². The number of halogens is 1. The van der Waals surface area contributed by atoms with Crippen molar-refractivity contribution in [3.63, 3.8) is 0 Å². The van der Waals surface area contributed by atoms with Crippen LogP contribution in [0, 0.1) is 0 Å². The molecule has 1 N–H and O–H groups in total. The summed E-state index contributed by atoms with van der Waals surface area (Å²) in [6.07, 6.45) is 4.07. The molecule has 0 spiro atoms. The SMILES string of the molecule is CC(=O)c1ccccc1N(C(=O)Cc1cccs1)C(C(=O)NC1CCCC1)c1ccccc1Cl. The zero-order chi connectivity index (χ0) is 24.1. The average Bonchev–Trinajstić information content (AvgIpc) is 3.52. The summed E-state index contributed by atoms with van der Waals surface area (Å²) < 4.78 is 0. The van der Waals surface area contributed by atoms with Gasteiger partial charge in [-0.2, -0.15) is 0 Å². The van der Waals surface area contributed by atoms with E-state index in [1.54, 1.807) is 48.5 Å². The third kappa shape index (κ3) is 5.40. The van der Waals surface area contributed by atoms with Gasteiger partial charge in [0.2, 0.25) is 11.8 Å². The Labute approximate surface area is 208 Å². The molecule has 0 aliphatic heterocycles. The van der Waals surface area contributed by atoms with Crippen LogP contribution in [-0.4, -0.2) is 23.6 Å². The Kier molecular flexibility index (Phi) is 7.80. The largest absolute Gasteiger partial charge is 0.351 e. The fourth-order valence-corrected chi connectivity index (χ4v) is 5.43. The Bertz CT molecular complexity index is 1170. The molecule has 5 nitrogen and oxygen atoms in total. The van der Waals surface area contributed by atoms with Gasteiger partial charge in [0, 0.05) is 27.1 Å². The van der Waals surface area contributed by atoms with Crippen molar-refractivity contribution < 1.29 is 14.4 Å². The molecule has 0 saturated heterocycles. The number of anilines is 1. The van der Waals surface area contributed by atoms with Gasteiger partial charge in [-0.3, -0.25) is 19.3 Å². The molecule has 2 aromatic carbocycles. The van der Waals surface area contributed by atoms with E-state index in [4.69, 9.17) is 11.6 Å². The number of para-hydroxylation sites is 1. The summed E-state index contributed by atoms with van der Waals surface area (Å²) in [5.74, 6) is -0.751. The Morgan fingerprint density at radius 1 is 1.03 bits per heavy atom. The average molecular weight is 495 g/mol. The lowest BCUT2D eigenvalue weighted by Crippen LogP contribution is -2.47. The summed E-state index contributed by atoms with van der Waals surface area (Å²) in [7, 11) is 0. The van der Waals surface area contributed by atoms with E-state index in [2.05, 4.69) is 5.32 Å². The second-order valence-electron chi connectivity index (χ2n) is 8.51. The molecule has 3 aromatic rings. The first-order valence-electron chi connectivity index (χ1n) is 11.4. The normalized spacial score (nSPS) is 14.5. The minimum Gasteiger partial charge on any atom is -0.351 e. The molecule has 1 heterocycles. The van der Waals surface area contributed by atoms with Crippen LogP contribution in [0.3, 0.4) is 0 Å². The zero-order valence-corrected chi connectivity index (χ0v) is 20.6. The molecule has 1 fully saturated rings. The minimum atomic E-state index is -1.01. The van der Waals surface area contributed by atoms with Crippen molar-refractivity contribution in [3.05, 3.63) is 87.1 Å². The van der Waals surface area contributed by atoms with Crippen molar-refractivity contribution in [1.82, 2.24) is 5.32 Å². The molecule has 1 aliphatic rings. The second kappa shape index (κ2) is 11.0. The fraction of sp³-hybridized carbons (Fsp3) is 0.296. The van der Waals surface area contributed by atoms with Crippen molar-refractivity contribution in [2.45, 2.75) is 51.1 Å². The molecule has 176 valence electrons. The van der Waals surface area contributed by atoms with Gasteiger partial charge in [0.1, 0.15) is 6.04 Å². The molecule has 1 aliphatic carbocycles. The third-order valence-electron chi connectivity index (χ3n) is 6.13. The van der Waals surface area contributed by atoms with Gasteiger partial charge in [-0.05, 0) is 49.4 Å². The lowest BCUT2D eigenvalue weighted by Gasteiger charge is -2.33. The van der Waals surface area contributed by atoms with E-state index in [0.29, 0.717) is 21.8 Å². The highest BCUT2D eigenvalue weighted by Gasteiger charge is 2.36. The van der Waals surface area contributed by atoms with Crippen LogP contribution >= 0.6 is 22.9 Å². The summed E-state index contributed by atoms with van der Waals surface area (Å²) >= 11 is 8.06. The second-order valence-corrected chi connectivity index (χ2v) is 9.95. The zero-order valence-electron chi connectivity index (χ0n) is 19.0. The number of nitrogens with one attached hydrogen (secondary N) is 1. The van der Waals surface area contributed by atoms with Gasteiger partial charge < -0.3 is 5.32 Å². The topological polar surface area (TPSA) is 66.5 Å². The molecule has 2 amide bonds. The van der Waals surface area contributed by atoms with E-state index in [1.807, 2.05) is 17.5 Å². The Morgan fingerprint density at radius 3 is 2.41 bits per heavy atom. The number of carbonyl (C=O) groups is 3. The molecular weight excluding hydrogens is 468 g/mol. The van der Waals surface area contributed by atoms with Gasteiger partial charge in [0.25, 0.3) is 0 Å². The minimum absolute atomic E-state index is 0.0646.